The molecule has 0 saturated heterocycles. The third-order valence-electron chi connectivity index (χ3n) is 2.86. The molecule has 0 unspecified atom stereocenters. The van der Waals surface area contributed by atoms with Gasteiger partial charge in [-0.15, -0.1) is 0 Å². The van der Waals surface area contributed by atoms with E-state index >= 15 is 0 Å². The largest absolute Gasteiger partial charge is 0.398 e. The van der Waals surface area contributed by atoms with Crippen molar-refractivity contribution in [3.8, 4) is 0 Å². The minimum Gasteiger partial charge on any atom is -0.398 e. The standard InChI is InChI=1S/C14H16N2OS/c1-10(17)13-4-3-12(7-14(13)15)16(2)8-11-5-6-18-9-11/h3-7,9H,8,15H2,1-2H3. The Labute approximate surface area is 111 Å². The lowest BCUT2D eigenvalue weighted by Crippen LogP contribution is -2.16. The molecule has 2 rings (SSSR count). The van der Waals surface area contributed by atoms with Crippen molar-refractivity contribution in [1.29, 1.82) is 0 Å². The van der Waals surface area contributed by atoms with Crippen LogP contribution in [0, 0.1) is 0 Å². The van der Waals surface area contributed by atoms with Gasteiger partial charge in [0.15, 0.2) is 5.78 Å². The summed E-state index contributed by atoms with van der Waals surface area (Å²) in [6, 6.07) is 7.67. The topological polar surface area (TPSA) is 46.3 Å². The molecule has 1 aromatic heterocycles. The van der Waals surface area contributed by atoms with Crippen molar-refractivity contribution < 1.29 is 4.79 Å². The van der Waals surface area contributed by atoms with E-state index in [-0.39, 0.29) is 5.78 Å². The molecule has 0 bridgehead atoms. The molecule has 1 aromatic carbocycles. The highest BCUT2D eigenvalue weighted by atomic mass is 32.1. The van der Waals surface area contributed by atoms with Crippen LogP contribution < -0.4 is 10.6 Å². The maximum absolute atomic E-state index is 11.3. The van der Waals surface area contributed by atoms with Crippen molar-refractivity contribution in [2.24, 2.45) is 0 Å². The van der Waals surface area contributed by atoms with Gasteiger partial charge in [0.05, 0.1) is 0 Å². The summed E-state index contributed by atoms with van der Waals surface area (Å²) < 4.78 is 0. The SMILES string of the molecule is CC(=O)c1ccc(N(C)Cc2ccsc2)cc1N. The Morgan fingerprint density at radius 1 is 1.39 bits per heavy atom. The van der Waals surface area contributed by atoms with Crippen molar-refractivity contribution in [2.45, 2.75) is 13.5 Å². The molecule has 0 amide bonds. The molecule has 0 saturated carbocycles. The number of hydrogen-bond donors (Lipinski definition) is 1. The molecule has 3 nitrogen and oxygen atoms in total. The fourth-order valence-corrected chi connectivity index (χ4v) is 2.52. The number of nitrogen functional groups attached to an aromatic ring is 1. The van der Waals surface area contributed by atoms with E-state index in [1.807, 2.05) is 19.2 Å². The third kappa shape index (κ3) is 2.71. The van der Waals surface area contributed by atoms with E-state index in [1.54, 1.807) is 17.4 Å². The number of rotatable bonds is 4. The summed E-state index contributed by atoms with van der Waals surface area (Å²) in [5, 5.41) is 4.19. The molecular weight excluding hydrogens is 244 g/mol. The van der Waals surface area contributed by atoms with Gasteiger partial charge in [0.1, 0.15) is 0 Å². The number of hydrogen-bond acceptors (Lipinski definition) is 4. The van der Waals surface area contributed by atoms with Gasteiger partial charge in [-0.3, -0.25) is 4.79 Å². The molecule has 0 aliphatic carbocycles. The fraction of sp³-hybridized carbons (Fsp3) is 0.214. The third-order valence-corrected chi connectivity index (χ3v) is 3.59. The fourth-order valence-electron chi connectivity index (χ4n) is 1.86. The van der Waals surface area contributed by atoms with E-state index in [9.17, 15) is 4.79 Å². The van der Waals surface area contributed by atoms with Crippen molar-refractivity contribution in [3.05, 3.63) is 46.2 Å². The molecule has 1 heterocycles. The van der Waals surface area contributed by atoms with Crippen LogP contribution in [-0.4, -0.2) is 12.8 Å². The molecule has 18 heavy (non-hydrogen) atoms. The van der Waals surface area contributed by atoms with Crippen LogP contribution in [0.1, 0.15) is 22.8 Å². The van der Waals surface area contributed by atoms with Crippen molar-refractivity contribution >= 4 is 28.5 Å². The number of ketones is 1. The molecule has 94 valence electrons. The second-order valence-corrected chi connectivity index (χ2v) is 5.10. The lowest BCUT2D eigenvalue weighted by molar-refractivity contribution is 0.101. The van der Waals surface area contributed by atoms with Crippen LogP contribution >= 0.6 is 11.3 Å². The first kappa shape index (κ1) is 12.6. The van der Waals surface area contributed by atoms with Crippen LogP contribution in [0.5, 0.6) is 0 Å². The van der Waals surface area contributed by atoms with Gasteiger partial charge in [0.25, 0.3) is 0 Å². The Balaban J connectivity index is 2.18. The summed E-state index contributed by atoms with van der Waals surface area (Å²) in [7, 11) is 2.01. The normalized spacial score (nSPS) is 10.3. The molecule has 2 N–H and O–H groups in total. The van der Waals surface area contributed by atoms with Gasteiger partial charge < -0.3 is 10.6 Å². The minimum absolute atomic E-state index is 0.000428. The van der Waals surface area contributed by atoms with E-state index in [1.165, 1.54) is 12.5 Å². The predicted octanol–water partition coefficient (Wildman–Crippen LogP) is 3.17. The zero-order valence-corrected chi connectivity index (χ0v) is 11.3. The number of thiophene rings is 1. The highest BCUT2D eigenvalue weighted by Gasteiger charge is 2.08. The Hall–Kier alpha value is -1.81. The molecule has 2 aromatic rings. The van der Waals surface area contributed by atoms with Crippen LogP contribution in [0.4, 0.5) is 11.4 Å². The zero-order valence-electron chi connectivity index (χ0n) is 10.5. The van der Waals surface area contributed by atoms with Gasteiger partial charge >= 0.3 is 0 Å². The van der Waals surface area contributed by atoms with E-state index in [0.29, 0.717) is 11.3 Å². The Morgan fingerprint density at radius 2 is 2.17 bits per heavy atom. The number of benzene rings is 1. The summed E-state index contributed by atoms with van der Waals surface area (Å²) in [6.07, 6.45) is 0. The Morgan fingerprint density at radius 3 is 2.72 bits per heavy atom. The molecule has 0 spiro atoms. The molecule has 0 radical (unpaired) electrons. The predicted molar refractivity (Wildman–Crippen MR) is 77.3 cm³/mol. The number of anilines is 2. The molecular formula is C14H16N2OS. The van der Waals surface area contributed by atoms with E-state index in [4.69, 9.17) is 5.73 Å². The Bertz CT molecular complexity index is 549. The summed E-state index contributed by atoms with van der Waals surface area (Å²) in [5.41, 5.74) is 9.30. The number of carbonyl (C=O) groups excluding carboxylic acids is 1. The van der Waals surface area contributed by atoms with Crippen molar-refractivity contribution in [1.82, 2.24) is 0 Å². The highest BCUT2D eigenvalue weighted by Crippen LogP contribution is 2.22. The van der Waals surface area contributed by atoms with Crippen LogP contribution in [0.3, 0.4) is 0 Å². The van der Waals surface area contributed by atoms with Crippen LogP contribution in [0.2, 0.25) is 0 Å². The first-order chi connectivity index (χ1) is 8.58. The van der Waals surface area contributed by atoms with E-state index < -0.39 is 0 Å². The second-order valence-electron chi connectivity index (χ2n) is 4.32. The van der Waals surface area contributed by atoms with Gasteiger partial charge in [0, 0.05) is 30.5 Å². The molecule has 0 fully saturated rings. The summed E-state index contributed by atoms with van der Waals surface area (Å²) in [4.78, 5) is 13.4. The average molecular weight is 260 g/mol. The van der Waals surface area contributed by atoms with E-state index in [2.05, 4.69) is 21.7 Å². The number of nitrogens with zero attached hydrogens (tertiary/aromatic N) is 1. The summed E-state index contributed by atoms with van der Waals surface area (Å²) in [6.45, 7) is 2.36. The van der Waals surface area contributed by atoms with Gasteiger partial charge in [-0.05, 0) is 47.5 Å². The summed E-state index contributed by atoms with van der Waals surface area (Å²) >= 11 is 1.69. The van der Waals surface area contributed by atoms with Crippen molar-refractivity contribution in [3.63, 3.8) is 0 Å². The average Bonchev–Trinajstić information content (AvgIpc) is 2.81. The smallest absolute Gasteiger partial charge is 0.161 e. The molecule has 0 atom stereocenters. The maximum Gasteiger partial charge on any atom is 0.161 e. The molecule has 0 aliphatic heterocycles. The van der Waals surface area contributed by atoms with E-state index in [0.717, 1.165) is 12.2 Å². The quantitative estimate of drug-likeness (QED) is 0.678. The summed E-state index contributed by atoms with van der Waals surface area (Å²) in [5.74, 6) is -0.000428. The first-order valence-electron chi connectivity index (χ1n) is 5.70. The van der Waals surface area contributed by atoms with Crippen LogP contribution in [0.25, 0.3) is 0 Å². The van der Waals surface area contributed by atoms with Gasteiger partial charge in [-0.2, -0.15) is 11.3 Å². The number of carbonyl (C=O) groups is 1. The van der Waals surface area contributed by atoms with Gasteiger partial charge in [0.2, 0.25) is 0 Å². The lowest BCUT2D eigenvalue weighted by Gasteiger charge is -2.19. The van der Waals surface area contributed by atoms with Crippen LogP contribution in [0.15, 0.2) is 35.0 Å². The molecule has 0 aliphatic rings. The monoisotopic (exact) mass is 260 g/mol. The van der Waals surface area contributed by atoms with Gasteiger partial charge in [-0.25, -0.2) is 0 Å². The highest BCUT2D eigenvalue weighted by molar-refractivity contribution is 7.07. The zero-order chi connectivity index (χ0) is 13.1. The van der Waals surface area contributed by atoms with Gasteiger partial charge in [-0.1, -0.05) is 0 Å². The lowest BCUT2D eigenvalue weighted by atomic mass is 10.1. The minimum atomic E-state index is -0.000428. The second kappa shape index (κ2) is 5.23. The molecule has 4 heteroatoms. The van der Waals surface area contributed by atoms with Crippen LogP contribution in [-0.2, 0) is 6.54 Å². The Kier molecular flexibility index (Phi) is 3.67. The first-order valence-corrected chi connectivity index (χ1v) is 6.65. The number of nitrogens with two attached hydrogens (primary N) is 1. The maximum atomic E-state index is 11.3. The van der Waals surface area contributed by atoms with Crippen molar-refractivity contribution in [2.75, 3.05) is 17.7 Å². The number of Topliss-reactive ketones (excluding diaryl/α,β-unsaturated/α-hetero) is 1.